The third-order valence-corrected chi connectivity index (χ3v) is 3.63. The van der Waals surface area contributed by atoms with Gasteiger partial charge in [-0.25, -0.2) is 13.8 Å². The minimum absolute atomic E-state index is 0.0196. The fourth-order valence-corrected chi connectivity index (χ4v) is 2.55. The second-order valence-corrected chi connectivity index (χ2v) is 5.72. The number of alkyl halides is 1. The maximum absolute atomic E-state index is 13.6. The van der Waals surface area contributed by atoms with Crippen molar-refractivity contribution in [1.82, 2.24) is 9.55 Å². The lowest BCUT2D eigenvalue weighted by molar-refractivity contribution is 0.626. The van der Waals surface area contributed by atoms with Crippen LogP contribution in [0.4, 0.5) is 8.78 Å². The molecular weight excluding hydrogens is 317 g/mol. The molecule has 6 heteroatoms. The Morgan fingerprint density at radius 3 is 2.62 bits per heavy atom. The molecule has 1 heterocycles. The van der Waals surface area contributed by atoms with Gasteiger partial charge in [0.1, 0.15) is 17.5 Å². The Hall–Kier alpha value is -1.65. The molecule has 21 heavy (non-hydrogen) atoms. The third kappa shape index (κ3) is 2.49. The Bertz CT molecular complexity index is 828. The molecule has 1 atom stereocenters. The molecule has 0 saturated heterocycles. The van der Waals surface area contributed by atoms with Crippen LogP contribution in [0.25, 0.3) is 16.7 Å². The summed E-state index contributed by atoms with van der Waals surface area (Å²) in [6.07, 6.45) is 0. The average Bonchev–Trinajstić information content (AvgIpc) is 2.78. The minimum Gasteiger partial charge on any atom is -0.295 e. The lowest BCUT2D eigenvalue weighted by Crippen LogP contribution is -2.02. The molecule has 108 valence electrons. The molecular formula is C15H10Cl2F2N2. The lowest BCUT2D eigenvalue weighted by Gasteiger charge is -2.10. The largest absolute Gasteiger partial charge is 0.295 e. The second-order valence-electron chi connectivity index (χ2n) is 4.66. The van der Waals surface area contributed by atoms with Gasteiger partial charge in [0.15, 0.2) is 0 Å². The quantitative estimate of drug-likeness (QED) is 0.587. The van der Waals surface area contributed by atoms with Crippen LogP contribution < -0.4 is 0 Å². The first kappa shape index (κ1) is 14.3. The normalized spacial score (nSPS) is 12.8. The Kier molecular flexibility index (Phi) is 3.59. The SMILES string of the molecule is CC(Cl)c1nc2cc(F)c(Cl)cc2n1-c1cccc(F)c1. The third-order valence-electron chi connectivity index (χ3n) is 3.14. The highest BCUT2D eigenvalue weighted by atomic mass is 35.5. The van der Waals surface area contributed by atoms with Gasteiger partial charge in [-0.15, -0.1) is 11.6 Å². The topological polar surface area (TPSA) is 17.8 Å². The lowest BCUT2D eigenvalue weighted by atomic mass is 10.2. The highest BCUT2D eigenvalue weighted by Gasteiger charge is 2.18. The molecule has 0 amide bonds. The maximum atomic E-state index is 13.6. The standard InChI is InChI=1S/C15H10Cl2F2N2/c1-8(16)15-20-13-7-12(19)11(17)6-14(13)21(15)10-4-2-3-9(18)5-10/h2-8H,1H3. The summed E-state index contributed by atoms with van der Waals surface area (Å²) in [5, 5.41) is -0.448. The van der Waals surface area contributed by atoms with Crippen molar-refractivity contribution in [2.75, 3.05) is 0 Å². The van der Waals surface area contributed by atoms with Gasteiger partial charge in [-0.3, -0.25) is 4.57 Å². The summed E-state index contributed by atoms with van der Waals surface area (Å²) in [4.78, 5) is 4.33. The van der Waals surface area contributed by atoms with E-state index in [2.05, 4.69) is 4.98 Å². The highest BCUT2D eigenvalue weighted by Crippen LogP contribution is 2.31. The van der Waals surface area contributed by atoms with E-state index < -0.39 is 11.2 Å². The van der Waals surface area contributed by atoms with E-state index in [0.29, 0.717) is 22.5 Å². The van der Waals surface area contributed by atoms with Crippen LogP contribution in [0.5, 0.6) is 0 Å². The first-order chi connectivity index (χ1) is 9.97. The van der Waals surface area contributed by atoms with Crippen molar-refractivity contribution in [3.8, 4) is 5.69 Å². The van der Waals surface area contributed by atoms with Crippen LogP contribution in [0.2, 0.25) is 5.02 Å². The van der Waals surface area contributed by atoms with Crippen molar-refractivity contribution in [1.29, 1.82) is 0 Å². The Morgan fingerprint density at radius 2 is 1.95 bits per heavy atom. The fraction of sp³-hybridized carbons (Fsp3) is 0.133. The number of fused-ring (bicyclic) bond motifs is 1. The first-order valence-electron chi connectivity index (χ1n) is 6.25. The number of hydrogen-bond acceptors (Lipinski definition) is 1. The molecule has 3 aromatic rings. The van der Waals surface area contributed by atoms with Crippen LogP contribution in [0.15, 0.2) is 36.4 Å². The molecule has 0 bridgehead atoms. The summed E-state index contributed by atoms with van der Waals surface area (Å²) in [6, 6.07) is 8.73. The Labute approximate surface area is 129 Å². The summed E-state index contributed by atoms with van der Waals surface area (Å²) >= 11 is 12.0. The molecule has 2 nitrogen and oxygen atoms in total. The van der Waals surface area contributed by atoms with Crippen molar-refractivity contribution in [2.24, 2.45) is 0 Å². The zero-order valence-corrected chi connectivity index (χ0v) is 12.5. The summed E-state index contributed by atoms with van der Waals surface area (Å²) in [7, 11) is 0. The highest BCUT2D eigenvalue weighted by molar-refractivity contribution is 6.31. The van der Waals surface area contributed by atoms with E-state index in [4.69, 9.17) is 23.2 Å². The van der Waals surface area contributed by atoms with Crippen LogP contribution in [0, 0.1) is 11.6 Å². The zero-order valence-electron chi connectivity index (χ0n) is 10.9. The monoisotopic (exact) mass is 326 g/mol. The van der Waals surface area contributed by atoms with E-state index in [1.807, 2.05) is 0 Å². The molecule has 0 radical (unpaired) electrons. The fourth-order valence-electron chi connectivity index (χ4n) is 2.24. The average molecular weight is 327 g/mol. The maximum Gasteiger partial charge on any atom is 0.144 e. The van der Waals surface area contributed by atoms with E-state index in [1.54, 1.807) is 23.6 Å². The van der Waals surface area contributed by atoms with Gasteiger partial charge < -0.3 is 0 Å². The van der Waals surface area contributed by atoms with Crippen LogP contribution in [-0.2, 0) is 0 Å². The number of halogens is 4. The number of aromatic nitrogens is 2. The summed E-state index contributed by atoms with van der Waals surface area (Å²) in [5.41, 5.74) is 1.56. The van der Waals surface area contributed by atoms with Crippen LogP contribution in [0.1, 0.15) is 18.1 Å². The van der Waals surface area contributed by atoms with E-state index in [0.717, 1.165) is 0 Å². The minimum atomic E-state index is -0.554. The number of imidazole rings is 1. The van der Waals surface area contributed by atoms with E-state index in [1.165, 1.54) is 24.3 Å². The molecule has 0 aliphatic carbocycles. The Balaban J connectivity index is 2.38. The van der Waals surface area contributed by atoms with Crippen molar-refractivity contribution >= 4 is 34.2 Å². The number of nitrogens with zero attached hydrogens (tertiary/aromatic N) is 2. The number of rotatable bonds is 2. The molecule has 0 N–H and O–H groups in total. The van der Waals surface area contributed by atoms with Crippen LogP contribution >= 0.6 is 23.2 Å². The van der Waals surface area contributed by atoms with Crippen molar-refractivity contribution in [3.63, 3.8) is 0 Å². The number of hydrogen-bond donors (Lipinski definition) is 0. The molecule has 0 aliphatic rings. The molecule has 2 aromatic carbocycles. The van der Waals surface area contributed by atoms with Gasteiger partial charge in [0.25, 0.3) is 0 Å². The van der Waals surface area contributed by atoms with Crippen LogP contribution in [0.3, 0.4) is 0 Å². The van der Waals surface area contributed by atoms with Gasteiger partial charge in [0, 0.05) is 6.07 Å². The van der Waals surface area contributed by atoms with Gasteiger partial charge >= 0.3 is 0 Å². The van der Waals surface area contributed by atoms with E-state index in [-0.39, 0.29) is 10.8 Å². The van der Waals surface area contributed by atoms with Crippen molar-refractivity contribution < 1.29 is 8.78 Å². The Morgan fingerprint density at radius 1 is 1.19 bits per heavy atom. The molecule has 0 spiro atoms. The predicted octanol–water partition coefficient (Wildman–Crippen LogP) is 5.26. The van der Waals surface area contributed by atoms with Crippen molar-refractivity contribution in [3.05, 3.63) is 58.9 Å². The number of benzene rings is 2. The van der Waals surface area contributed by atoms with Gasteiger partial charge in [-0.1, -0.05) is 17.7 Å². The van der Waals surface area contributed by atoms with E-state index >= 15 is 0 Å². The molecule has 0 fully saturated rings. The molecule has 3 rings (SSSR count). The van der Waals surface area contributed by atoms with Crippen molar-refractivity contribution in [2.45, 2.75) is 12.3 Å². The van der Waals surface area contributed by atoms with Crippen LogP contribution in [-0.4, -0.2) is 9.55 Å². The molecule has 0 saturated carbocycles. The van der Waals surface area contributed by atoms with Gasteiger partial charge in [0.2, 0.25) is 0 Å². The second kappa shape index (κ2) is 5.28. The summed E-state index contributed by atoms with van der Waals surface area (Å²) in [5.74, 6) is -0.434. The molecule has 0 aliphatic heterocycles. The van der Waals surface area contributed by atoms with E-state index in [9.17, 15) is 8.78 Å². The first-order valence-corrected chi connectivity index (χ1v) is 7.06. The summed E-state index contributed by atoms with van der Waals surface area (Å²) < 4.78 is 28.7. The van der Waals surface area contributed by atoms with Gasteiger partial charge in [-0.2, -0.15) is 0 Å². The molecule has 1 aromatic heterocycles. The molecule has 1 unspecified atom stereocenters. The zero-order chi connectivity index (χ0) is 15.1. The smallest absolute Gasteiger partial charge is 0.144 e. The van der Waals surface area contributed by atoms with Gasteiger partial charge in [0.05, 0.1) is 27.1 Å². The summed E-state index contributed by atoms with van der Waals surface area (Å²) in [6.45, 7) is 1.75. The van der Waals surface area contributed by atoms with Gasteiger partial charge in [-0.05, 0) is 31.2 Å². The predicted molar refractivity (Wildman–Crippen MR) is 80.3 cm³/mol.